The van der Waals surface area contributed by atoms with Crippen molar-refractivity contribution in [2.24, 2.45) is 5.73 Å². The average molecular weight is 182 g/mol. The SMILES string of the molecule is Cc1ccnc(CC(N)=O)c1S. The summed E-state index contributed by atoms with van der Waals surface area (Å²) in [5.41, 5.74) is 6.68. The van der Waals surface area contributed by atoms with Crippen molar-refractivity contribution in [1.29, 1.82) is 0 Å². The number of aromatic nitrogens is 1. The molecule has 0 radical (unpaired) electrons. The van der Waals surface area contributed by atoms with Gasteiger partial charge in [0.1, 0.15) is 0 Å². The maximum Gasteiger partial charge on any atom is 0.223 e. The lowest BCUT2D eigenvalue weighted by atomic mass is 10.2. The number of rotatable bonds is 2. The van der Waals surface area contributed by atoms with Crippen LogP contribution < -0.4 is 5.73 Å². The van der Waals surface area contributed by atoms with E-state index in [9.17, 15) is 4.79 Å². The monoisotopic (exact) mass is 182 g/mol. The fourth-order valence-corrected chi connectivity index (χ4v) is 1.11. The molecule has 12 heavy (non-hydrogen) atoms. The molecule has 3 nitrogen and oxygen atoms in total. The quantitative estimate of drug-likeness (QED) is 0.662. The van der Waals surface area contributed by atoms with Crippen molar-refractivity contribution in [2.75, 3.05) is 0 Å². The minimum atomic E-state index is -0.386. The molecular formula is C8H10N2OS. The Morgan fingerprint density at radius 2 is 2.42 bits per heavy atom. The van der Waals surface area contributed by atoms with Gasteiger partial charge in [-0.3, -0.25) is 9.78 Å². The van der Waals surface area contributed by atoms with Crippen molar-refractivity contribution >= 4 is 18.5 Å². The molecule has 0 saturated carbocycles. The van der Waals surface area contributed by atoms with Crippen LogP contribution in [0.3, 0.4) is 0 Å². The molecule has 4 heteroatoms. The highest BCUT2D eigenvalue weighted by Crippen LogP contribution is 2.15. The van der Waals surface area contributed by atoms with Crippen LogP contribution in [0.4, 0.5) is 0 Å². The summed E-state index contributed by atoms with van der Waals surface area (Å²) in [6.07, 6.45) is 1.80. The highest BCUT2D eigenvalue weighted by Gasteiger charge is 2.05. The highest BCUT2D eigenvalue weighted by molar-refractivity contribution is 7.80. The van der Waals surface area contributed by atoms with Gasteiger partial charge in [0.05, 0.1) is 12.1 Å². The molecule has 0 spiro atoms. The summed E-state index contributed by atoms with van der Waals surface area (Å²) >= 11 is 4.22. The van der Waals surface area contributed by atoms with Crippen LogP contribution in [0.25, 0.3) is 0 Å². The summed E-state index contributed by atoms with van der Waals surface area (Å²) in [6, 6.07) is 1.84. The lowest BCUT2D eigenvalue weighted by Crippen LogP contribution is -2.15. The number of hydrogen-bond donors (Lipinski definition) is 2. The number of primary amides is 1. The molecule has 2 N–H and O–H groups in total. The van der Waals surface area contributed by atoms with Gasteiger partial charge in [-0.2, -0.15) is 0 Å². The van der Waals surface area contributed by atoms with Crippen molar-refractivity contribution in [3.05, 3.63) is 23.5 Å². The molecule has 0 fully saturated rings. The Balaban J connectivity index is 3.00. The topological polar surface area (TPSA) is 56.0 Å². The van der Waals surface area contributed by atoms with Gasteiger partial charge in [0.2, 0.25) is 5.91 Å². The number of pyridine rings is 1. The predicted molar refractivity (Wildman–Crippen MR) is 49.1 cm³/mol. The van der Waals surface area contributed by atoms with Crippen LogP contribution in [0.2, 0.25) is 0 Å². The van der Waals surface area contributed by atoms with Crippen molar-refractivity contribution in [2.45, 2.75) is 18.2 Å². The fourth-order valence-electron chi connectivity index (χ4n) is 0.901. The molecule has 64 valence electrons. The minimum absolute atomic E-state index is 0.153. The van der Waals surface area contributed by atoms with Crippen LogP contribution in [0.15, 0.2) is 17.2 Å². The summed E-state index contributed by atoms with van der Waals surface area (Å²) in [7, 11) is 0. The number of nitrogens with zero attached hydrogens (tertiary/aromatic N) is 1. The molecule has 0 unspecified atom stereocenters. The van der Waals surface area contributed by atoms with Gasteiger partial charge in [-0.1, -0.05) is 0 Å². The zero-order chi connectivity index (χ0) is 9.14. The van der Waals surface area contributed by atoms with Crippen LogP contribution in [-0.2, 0) is 11.2 Å². The number of hydrogen-bond acceptors (Lipinski definition) is 3. The van der Waals surface area contributed by atoms with E-state index in [1.54, 1.807) is 6.20 Å². The molecule has 0 aliphatic rings. The largest absolute Gasteiger partial charge is 0.369 e. The maximum absolute atomic E-state index is 10.6. The van der Waals surface area contributed by atoms with Crippen molar-refractivity contribution in [3.8, 4) is 0 Å². The summed E-state index contributed by atoms with van der Waals surface area (Å²) in [6.45, 7) is 1.91. The van der Waals surface area contributed by atoms with Crippen LogP contribution in [0.1, 0.15) is 11.3 Å². The van der Waals surface area contributed by atoms with E-state index in [1.807, 2.05) is 13.0 Å². The van der Waals surface area contributed by atoms with E-state index in [0.29, 0.717) is 5.69 Å². The summed E-state index contributed by atoms with van der Waals surface area (Å²) in [5.74, 6) is -0.386. The molecule has 1 heterocycles. The third kappa shape index (κ3) is 1.98. The zero-order valence-corrected chi connectivity index (χ0v) is 7.64. The van der Waals surface area contributed by atoms with Gasteiger partial charge in [-0.05, 0) is 18.6 Å². The molecule has 0 aromatic carbocycles. The molecule has 0 aliphatic carbocycles. The Labute approximate surface area is 76.4 Å². The lowest BCUT2D eigenvalue weighted by Gasteiger charge is -2.03. The van der Waals surface area contributed by atoms with E-state index >= 15 is 0 Å². The van der Waals surface area contributed by atoms with E-state index in [-0.39, 0.29) is 12.3 Å². The molecular weight excluding hydrogens is 172 g/mol. The van der Waals surface area contributed by atoms with E-state index < -0.39 is 0 Å². The number of amides is 1. The van der Waals surface area contributed by atoms with Gasteiger partial charge in [-0.25, -0.2) is 0 Å². The minimum Gasteiger partial charge on any atom is -0.369 e. The number of thiol groups is 1. The van der Waals surface area contributed by atoms with Gasteiger partial charge in [0.25, 0.3) is 0 Å². The molecule has 1 aromatic rings. The fraction of sp³-hybridized carbons (Fsp3) is 0.250. The Morgan fingerprint density at radius 1 is 1.75 bits per heavy atom. The number of aryl methyl sites for hydroxylation is 1. The average Bonchev–Trinajstić information content (AvgIpc) is 1.98. The van der Waals surface area contributed by atoms with E-state index in [1.165, 1.54) is 0 Å². The van der Waals surface area contributed by atoms with Crippen molar-refractivity contribution in [1.82, 2.24) is 4.98 Å². The van der Waals surface area contributed by atoms with E-state index in [0.717, 1.165) is 10.5 Å². The van der Waals surface area contributed by atoms with E-state index in [2.05, 4.69) is 17.6 Å². The Kier molecular flexibility index (Phi) is 2.70. The first-order valence-corrected chi connectivity index (χ1v) is 3.97. The van der Waals surface area contributed by atoms with Crippen LogP contribution in [-0.4, -0.2) is 10.9 Å². The van der Waals surface area contributed by atoms with Gasteiger partial charge < -0.3 is 5.73 Å². The van der Waals surface area contributed by atoms with Crippen molar-refractivity contribution in [3.63, 3.8) is 0 Å². The molecule has 0 saturated heterocycles. The Hall–Kier alpha value is -1.03. The second-order valence-corrected chi connectivity index (χ2v) is 3.01. The molecule has 0 aliphatic heterocycles. The van der Waals surface area contributed by atoms with Gasteiger partial charge in [-0.15, -0.1) is 12.6 Å². The number of carbonyl (C=O) groups is 1. The summed E-state index contributed by atoms with van der Waals surface area (Å²) < 4.78 is 0. The van der Waals surface area contributed by atoms with Gasteiger partial charge in [0.15, 0.2) is 0 Å². The molecule has 1 aromatic heterocycles. The molecule has 0 bridgehead atoms. The predicted octanol–water partition coefficient (Wildman–Crippen LogP) is 0.707. The normalized spacial score (nSPS) is 9.83. The Morgan fingerprint density at radius 3 is 3.00 bits per heavy atom. The second kappa shape index (κ2) is 3.58. The van der Waals surface area contributed by atoms with E-state index in [4.69, 9.17) is 5.73 Å². The third-order valence-corrected chi connectivity index (χ3v) is 2.15. The van der Waals surface area contributed by atoms with Crippen LogP contribution in [0.5, 0.6) is 0 Å². The first-order chi connectivity index (χ1) is 5.61. The van der Waals surface area contributed by atoms with Gasteiger partial charge in [0, 0.05) is 11.1 Å². The lowest BCUT2D eigenvalue weighted by molar-refractivity contribution is -0.117. The van der Waals surface area contributed by atoms with Gasteiger partial charge >= 0.3 is 0 Å². The summed E-state index contributed by atoms with van der Waals surface area (Å²) in [5, 5.41) is 0. The standard InChI is InChI=1S/C8H10N2OS/c1-5-2-3-10-6(8(5)12)4-7(9)11/h2-3,12H,4H2,1H3,(H2,9,11). The molecule has 1 rings (SSSR count). The maximum atomic E-state index is 10.6. The highest BCUT2D eigenvalue weighted by atomic mass is 32.1. The number of nitrogens with two attached hydrogens (primary N) is 1. The van der Waals surface area contributed by atoms with Crippen LogP contribution in [0, 0.1) is 6.92 Å². The summed E-state index contributed by atoms with van der Waals surface area (Å²) in [4.78, 5) is 15.3. The third-order valence-electron chi connectivity index (χ3n) is 1.54. The van der Waals surface area contributed by atoms with Crippen LogP contribution >= 0.6 is 12.6 Å². The first-order valence-electron chi connectivity index (χ1n) is 3.53. The molecule has 1 amide bonds. The molecule has 0 atom stereocenters. The number of carbonyl (C=O) groups excluding carboxylic acids is 1. The Bertz CT molecular complexity index is 312. The first kappa shape index (κ1) is 9.06. The smallest absolute Gasteiger partial charge is 0.223 e. The zero-order valence-electron chi connectivity index (χ0n) is 6.74. The van der Waals surface area contributed by atoms with Crippen molar-refractivity contribution < 1.29 is 4.79 Å². The second-order valence-electron chi connectivity index (χ2n) is 2.57.